The number of nitrogens with two attached hydrogens (primary N) is 1. The van der Waals surface area contributed by atoms with Crippen molar-refractivity contribution in [3.63, 3.8) is 0 Å². The summed E-state index contributed by atoms with van der Waals surface area (Å²) >= 11 is 0. The third kappa shape index (κ3) is 4.99. The van der Waals surface area contributed by atoms with Crippen LogP contribution in [0, 0.1) is 0 Å². The number of amides is 1. The molecule has 0 fully saturated rings. The van der Waals surface area contributed by atoms with Crippen molar-refractivity contribution >= 4 is 92.6 Å². The average molecular weight is 931 g/mol. The number of nitrogens with zero attached hydrogens (tertiary/aromatic N) is 8. The number of fused-ring (bicyclic) bond motifs is 12. The van der Waals surface area contributed by atoms with Gasteiger partial charge in [-0.15, -0.1) is 0 Å². The molecule has 0 saturated heterocycles. The maximum absolute atomic E-state index is 13.2. The van der Waals surface area contributed by atoms with Crippen molar-refractivity contribution in [3.8, 4) is 0 Å². The summed E-state index contributed by atoms with van der Waals surface area (Å²) in [5.41, 5.74) is 11.6. The van der Waals surface area contributed by atoms with Gasteiger partial charge in [0.2, 0.25) is 0 Å². The molecule has 0 bridgehead atoms. The summed E-state index contributed by atoms with van der Waals surface area (Å²) in [6.45, 7) is 11.8. The molecule has 17 heteroatoms. The molecule has 0 saturated carbocycles. The molecule has 4 aromatic carbocycles. The number of ketones is 1. The Balaban J connectivity index is 1.24. The summed E-state index contributed by atoms with van der Waals surface area (Å²) in [7, 11) is -12.9. The predicted octanol–water partition coefficient (Wildman–Crippen LogP) is 6.77. The molecular weight excluding hydrogens is 877 g/mol. The van der Waals surface area contributed by atoms with E-state index < -0.39 is 24.4 Å². The second kappa shape index (κ2) is 13.7. The standard InChI is InChI=1S/C49H54N10O4Si3/c1-32(60)18-6-15-27-41(61)51-29-17-31-65(4,5)63-66(62-64(2,3)30-16-28-50)56-42-33-19-7-8-20-34(33)43(56)53-45-37-23-11-12-24-38(37)47(58(45)66)55-49-40-26-14-13-25-39(40)48(59(49)66)54-46-36-22-10-9-21-35(36)44(52-42)57(46)66/h7-14,19-26H,6,15-18,27-31,50H2,1-5H3,(H,51,61). The van der Waals surface area contributed by atoms with Gasteiger partial charge in [0.05, 0.1) is 0 Å². The molecule has 6 aliphatic rings. The Kier molecular flexibility index (Phi) is 8.61. The van der Waals surface area contributed by atoms with Crippen molar-refractivity contribution in [2.75, 3.05) is 13.1 Å². The molecule has 3 N–H and O–H groups in total. The van der Waals surface area contributed by atoms with Gasteiger partial charge in [-0.1, -0.05) is 0 Å². The first-order chi connectivity index (χ1) is 31.8. The van der Waals surface area contributed by atoms with E-state index in [-0.39, 0.29) is 11.7 Å². The van der Waals surface area contributed by atoms with Crippen LogP contribution in [0.4, 0.5) is 11.6 Å². The fourth-order valence-corrected chi connectivity index (χ4v) is 34.6. The van der Waals surface area contributed by atoms with Crippen molar-refractivity contribution < 1.29 is 26.3 Å². The third-order valence-corrected chi connectivity index (χ3v) is 31.2. The van der Waals surface area contributed by atoms with Crippen LogP contribution >= 0.6 is 0 Å². The van der Waals surface area contributed by atoms with Gasteiger partial charge in [-0.2, -0.15) is 0 Å². The number of carbonyl (C=O) groups is 2. The van der Waals surface area contributed by atoms with E-state index in [0.717, 1.165) is 102 Å². The number of nitrogens with one attached hydrogen (secondary N) is 1. The van der Waals surface area contributed by atoms with Crippen LogP contribution in [0.5, 0.6) is 0 Å². The Hall–Kier alpha value is -6.09. The molecule has 1 amide bonds. The zero-order valence-electron chi connectivity index (χ0n) is 38.1. The Morgan fingerprint density at radius 2 is 1.06 bits per heavy atom. The van der Waals surface area contributed by atoms with E-state index in [0.29, 0.717) is 51.2 Å². The molecule has 14 nitrogen and oxygen atoms in total. The second-order valence-corrected chi connectivity index (χ2v) is 34.2. The van der Waals surface area contributed by atoms with E-state index in [9.17, 15) is 9.59 Å². The first-order valence-electron chi connectivity index (χ1n) is 23.4. The number of hydrogen-bond donors (Lipinski definition) is 2. The van der Waals surface area contributed by atoms with Gasteiger partial charge in [0.1, 0.15) is 0 Å². The van der Waals surface area contributed by atoms with E-state index in [2.05, 4.69) is 146 Å². The number of carbonyl (C=O) groups excluding carboxylic acids is 2. The van der Waals surface area contributed by atoms with Gasteiger partial charge in [0.15, 0.2) is 0 Å². The first-order valence-corrected chi connectivity index (χ1v) is 32.3. The van der Waals surface area contributed by atoms with Crippen LogP contribution in [0.1, 0.15) is 67.7 Å². The number of Topliss-reactive ketones (excluding diaryl/α,β-unsaturated/α-hetero) is 1. The molecule has 0 aliphatic carbocycles. The molecule has 1 spiro atoms. The molecule has 336 valence electrons. The number of hydrogen-bond acceptors (Lipinski definition) is 9. The predicted molar refractivity (Wildman–Crippen MR) is 264 cm³/mol. The Morgan fingerprint density at radius 3 is 1.56 bits per heavy atom. The van der Waals surface area contributed by atoms with Crippen LogP contribution in [0.3, 0.4) is 0 Å². The number of aliphatic imine (C=N–C) groups is 2. The summed E-state index contributed by atoms with van der Waals surface area (Å²) in [5, 5.41) is 6.97. The zero-order valence-corrected chi connectivity index (χ0v) is 41.1. The van der Waals surface area contributed by atoms with Gasteiger partial charge in [-0.3, -0.25) is 0 Å². The van der Waals surface area contributed by atoms with Gasteiger partial charge >= 0.3 is 374 Å². The maximum atomic E-state index is 13.2. The molecule has 6 aliphatic heterocycles. The molecule has 2 aromatic heterocycles. The molecule has 0 radical (unpaired) electrons. The third-order valence-electron chi connectivity index (χ3n) is 14.6. The van der Waals surface area contributed by atoms with E-state index in [1.54, 1.807) is 6.92 Å². The zero-order chi connectivity index (χ0) is 45.4. The van der Waals surface area contributed by atoms with Crippen LogP contribution in [0.25, 0.3) is 21.5 Å². The second-order valence-electron chi connectivity index (χ2n) is 20.0. The Morgan fingerprint density at radius 1 is 0.606 bits per heavy atom. The van der Waals surface area contributed by atoms with Crippen molar-refractivity contribution in [1.82, 2.24) is 13.8 Å². The van der Waals surface area contributed by atoms with Crippen molar-refractivity contribution in [1.29, 1.82) is 0 Å². The van der Waals surface area contributed by atoms with Crippen LogP contribution in [0.15, 0.2) is 117 Å². The van der Waals surface area contributed by atoms with Crippen molar-refractivity contribution in [2.45, 2.75) is 83.7 Å². The van der Waals surface area contributed by atoms with Gasteiger partial charge in [-0.25, -0.2) is 0 Å². The first kappa shape index (κ1) is 41.3. The van der Waals surface area contributed by atoms with E-state index >= 15 is 0 Å². The molecule has 8 heterocycles. The number of aromatic nitrogens is 2. The van der Waals surface area contributed by atoms with Gasteiger partial charge in [-0.05, 0) is 6.92 Å². The summed E-state index contributed by atoms with van der Waals surface area (Å²) in [4.78, 5) is 47.9. The number of amidine groups is 4. The minimum atomic E-state index is -6.74. The summed E-state index contributed by atoms with van der Waals surface area (Å²) in [5.74, 6) is 4.45. The summed E-state index contributed by atoms with van der Waals surface area (Å²) in [6.07, 6.45) is 3.71. The molecule has 0 atom stereocenters. The fourth-order valence-electron chi connectivity index (χ4n) is 12.3. The van der Waals surface area contributed by atoms with E-state index in [1.165, 1.54) is 0 Å². The van der Waals surface area contributed by atoms with Crippen LogP contribution in [-0.2, 0) is 17.8 Å². The topological polar surface area (TPSA) is 156 Å². The monoisotopic (exact) mass is 930 g/mol. The Bertz CT molecular complexity index is 3330. The van der Waals surface area contributed by atoms with Gasteiger partial charge in [0.25, 0.3) is 0 Å². The van der Waals surface area contributed by atoms with Crippen LogP contribution in [-0.4, -0.2) is 89.5 Å². The Labute approximate surface area is 383 Å². The van der Waals surface area contributed by atoms with E-state index in [4.69, 9.17) is 33.9 Å². The molecule has 66 heavy (non-hydrogen) atoms. The summed E-state index contributed by atoms with van der Waals surface area (Å²) in [6, 6.07) is 35.2. The number of rotatable bonds is 16. The van der Waals surface area contributed by atoms with Crippen molar-refractivity contribution in [2.24, 2.45) is 25.7 Å². The molecule has 0 unspecified atom stereocenters. The van der Waals surface area contributed by atoms with Gasteiger partial charge < -0.3 is 4.79 Å². The van der Waals surface area contributed by atoms with Crippen LogP contribution in [0.2, 0.25) is 38.3 Å². The van der Waals surface area contributed by atoms with Crippen LogP contribution < -0.4 is 22.0 Å². The molecule has 12 rings (SSSR count). The van der Waals surface area contributed by atoms with Gasteiger partial charge in [0, 0.05) is 0 Å². The fraction of sp³-hybridized carbons (Fsp3) is 0.306. The molecular formula is C49H54N10O4Si3. The summed E-state index contributed by atoms with van der Waals surface area (Å²) < 4.78 is 27.6. The quantitative estimate of drug-likeness (QED) is 0.0810. The van der Waals surface area contributed by atoms with E-state index in [1.807, 2.05) is 0 Å². The minimum absolute atomic E-state index is 0.00462. The SMILES string of the molecule is CC(=O)CCCCC(=O)NCCC[Si](C)(C)O[Si-2]123(O[Si](C)(C)CCCN)n4c5c6ccccc6c4N=C4c6ccccc6C(=[N+]41)N=c1c4ccccc4c(n12)=NC1=[N+]3C(=N5)c2ccccc21. The average Bonchev–Trinajstić information content (AvgIpc) is 4.02. The number of unbranched alkanes of at least 4 members (excludes halogenated alkanes) is 1. The number of benzene rings is 4. The van der Waals surface area contributed by atoms with Crippen molar-refractivity contribution in [3.05, 3.63) is 130 Å². The normalized spacial score (nSPS) is 19.0. The molecule has 6 aromatic rings.